The molecule has 0 unspecified atom stereocenters. The molecule has 0 saturated carbocycles. The van der Waals surface area contributed by atoms with Crippen LogP contribution in [0.25, 0.3) is 5.76 Å². The van der Waals surface area contributed by atoms with Gasteiger partial charge >= 0.3 is 0 Å². The minimum Gasteiger partial charge on any atom is -0.452 e. The Morgan fingerprint density at radius 2 is 1.79 bits per heavy atom. The van der Waals surface area contributed by atoms with Gasteiger partial charge in [-0.05, 0) is 43.7 Å². The zero-order chi connectivity index (χ0) is 17.3. The van der Waals surface area contributed by atoms with Crippen molar-refractivity contribution in [3.63, 3.8) is 0 Å². The highest BCUT2D eigenvalue weighted by Gasteiger charge is 2.24. The second-order valence-electron chi connectivity index (χ2n) is 5.67. The first-order chi connectivity index (χ1) is 11.4. The molecule has 0 atom stereocenters. The first-order valence-corrected chi connectivity index (χ1v) is 8.26. The van der Waals surface area contributed by atoms with Gasteiger partial charge in [-0.1, -0.05) is 39.7 Å². The molecule has 2 aromatic carbocycles. The topological polar surface area (TPSA) is 43.4 Å². The Balaban J connectivity index is 1.84. The summed E-state index contributed by atoms with van der Waals surface area (Å²) in [7, 11) is 0. The predicted molar refractivity (Wildman–Crippen MR) is 96.5 cm³/mol. The summed E-state index contributed by atoms with van der Waals surface area (Å²) in [4.78, 5) is 24.4. The molecule has 3 nitrogen and oxygen atoms in total. The second kappa shape index (κ2) is 6.57. The Hall–Kier alpha value is -2.46. The van der Waals surface area contributed by atoms with Crippen LogP contribution in [-0.2, 0) is 9.53 Å². The Kier molecular flexibility index (Phi) is 4.49. The SMILES string of the molecule is Cc1ccc(C2=CC(=O)/C(=C/C(=O)c3ccc(Br)cc3)O2)c(C)c1. The second-order valence-corrected chi connectivity index (χ2v) is 6.59. The van der Waals surface area contributed by atoms with Crippen molar-refractivity contribution in [2.75, 3.05) is 0 Å². The number of carbonyl (C=O) groups excluding carboxylic acids is 2. The van der Waals surface area contributed by atoms with Crippen molar-refractivity contribution >= 4 is 33.3 Å². The van der Waals surface area contributed by atoms with E-state index in [4.69, 9.17) is 4.74 Å². The number of rotatable bonds is 3. The lowest BCUT2D eigenvalue weighted by Crippen LogP contribution is -2.01. The summed E-state index contributed by atoms with van der Waals surface area (Å²) >= 11 is 3.32. The van der Waals surface area contributed by atoms with Gasteiger partial charge in [-0.25, -0.2) is 0 Å². The lowest BCUT2D eigenvalue weighted by molar-refractivity contribution is -0.112. The molecule has 0 bridgehead atoms. The average Bonchev–Trinajstić information content (AvgIpc) is 2.88. The normalized spacial score (nSPS) is 15.4. The summed E-state index contributed by atoms with van der Waals surface area (Å²) in [6.45, 7) is 3.97. The smallest absolute Gasteiger partial charge is 0.224 e. The molecule has 0 fully saturated rings. The van der Waals surface area contributed by atoms with Gasteiger partial charge in [0, 0.05) is 27.8 Å². The van der Waals surface area contributed by atoms with Crippen molar-refractivity contribution in [1.82, 2.24) is 0 Å². The van der Waals surface area contributed by atoms with Crippen molar-refractivity contribution < 1.29 is 14.3 Å². The van der Waals surface area contributed by atoms with E-state index in [0.29, 0.717) is 11.3 Å². The summed E-state index contributed by atoms with van der Waals surface area (Å²) in [6, 6.07) is 12.9. The number of halogens is 1. The highest BCUT2D eigenvalue weighted by atomic mass is 79.9. The van der Waals surface area contributed by atoms with Crippen molar-refractivity contribution in [3.05, 3.63) is 87.1 Å². The van der Waals surface area contributed by atoms with E-state index in [9.17, 15) is 9.59 Å². The third-order valence-corrected chi connectivity index (χ3v) is 4.29. The minimum atomic E-state index is -0.296. The molecule has 3 rings (SSSR count). The fourth-order valence-corrected chi connectivity index (χ4v) is 2.79. The maximum atomic E-state index is 12.3. The van der Waals surface area contributed by atoms with E-state index in [1.54, 1.807) is 24.3 Å². The quantitative estimate of drug-likeness (QED) is 0.566. The van der Waals surface area contributed by atoms with E-state index >= 15 is 0 Å². The zero-order valence-electron chi connectivity index (χ0n) is 13.3. The molecule has 2 aromatic rings. The van der Waals surface area contributed by atoms with E-state index in [1.165, 1.54) is 12.2 Å². The zero-order valence-corrected chi connectivity index (χ0v) is 14.9. The molecule has 0 aromatic heterocycles. The van der Waals surface area contributed by atoms with Gasteiger partial charge in [-0.3, -0.25) is 9.59 Å². The third-order valence-electron chi connectivity index (χ3n) is 3.76. The van der Waals surface area contributed by atoms with E-state index < -0.39 is 0 Å². The lowest BCUT2D eigenvalue weighted by atomic mass is 10.0. The largest absolute Gasteiger partial charge is 0.452 e. The Morgan fingerprint density at radius 3 is 2.46 bits per heavy atom. The molecular formula is C20H15BrO3. The standard InChI is InChI=1S/C20H15BrO3/c1-12-3-8-16(13(2)9-12)19-11-18(23)20(24-19)10-17(22)14-4-6-15(21)7-5-14/h3-11H,1-2H3/b20-10-. The first kappa shape index (κ1) is 16.4. The van der Waals surface area contributed by atoms with E-state index in [0.717, 1.165) is 21.2 Å². The molecule has 0 aliphatic carbocycles. The maximum Gasteiger partial charge on any atom is 0.224 e. The van der Waals surface area contributed by atoms with Crippen molar-refractivity contribution in [3.8, 4) is 0 Å². The molecule has 120 valence electrons. The van der Waals surface area contributed by atoms with Crippen LogP contribution in [-0.4, -0.2) is 11.6 Å². The van der Waals surface area contributed by atoms with Gasteiger partial charge in [0.1, 0.15) is 5.76 Å². The predicted octanol–water partition coefficient (Wildman–Crippen LogP) is 4.77. The number of hydrogen-bond acceptors (Lipinski definition) is 3. The van der Waals surface area contributed by atoms with Gasteiger partial charge in [-0.2, -0.15) is 0 Å². The van der Waals surface area contributed by atoms with E-state index in [2.05, 4.69) is 15.9 Å². The van der Waals surface area contributed by atoms with Gasteiger partial charge in [0.05, 0.1) is 0 Å². The molecular weight excluding hydrogens is 368 g/mol. The lowest BCUT2D eigenvalue weighted by Gasteiger charge is -2.08. The van der Waals surface area contributed by atoms with E-state index in [1.807, 2.05) is 32.0 Å². The molecule has 0 saturated heterocycles. The molecule has 24 heavy (non-hydrogen) atoms. The molecule has 1 aliphatic rings. The summed E-state index contributed by atoms with van der Waals surface area (Å²) in [5.41, 5.74) is 3.52. The fraction of sp³-hybridized carbons (Fsp3) is 0.100. The molecule has 4 heteroatoms. The Morgan fingerprint density at radius 1 is 1.08 bits per heavy atom. The number of carbonyl (C=O) groups is 2. The van der Waals surface area contributed by atoms with Gasteiger partial charge < -0.3 is 4.74 Å². The number of ether oxygens (including phenoxy) is 1. The van der Waals surface area contributed by atoms with Crippen LogP contribution in [0.4, 0.5) is 0 Å². The van der Waals surface area contributed by atoms with Crippen LogP contribution in [0.3, 0.4) is 0 Å². The van der Waals surface area contributed by atoms with E-state index in [-0.39, 0.29) is 17.3 Å². The van der Waals surface area contributed by atoms with Crippen LogP contribution < -0.4 is 0 Å². The van der Waals surface area contributed by atoms with Crippen LogP contribution in [0, 0.1) is 13.8 Å². The fourth-order valence-electron chi connectivity index (χ4n) is 2.53. The first-order valence-electron chi connectivity index (χ1n) is 7.47. The third kappa shape index (κ3) is 3.39. The van der Waals surface area contributed by atoms with Crippen LogP contribution in [0.1, 0.15) is 27.0 Å². The Bertz CT molecular complexity index is 890. The highest BCUT2D eigenvalue weighted by molar-refractivity contribution is 9.10. The summed E-state index contributed by atoms with van der Waals surface area (Å²) < 4.78 is 6.53. The monoisotopic (exact) mass is 382 g/mol. The summed E-state index contributed by atoms with van der Waals surface area (Å²) in [5.74, 6) is -0.0261. The van der Waals surface area contributed by atoms with Gasteiger partial charge in [-0.15, -0.1) is 0 Å². The highest BCUT2D eigenvalue weighted by Crippen LogP contribution is 2.29. The number of hydrogen-bond donors (Lipinski definition) is 0. The molecule has 1 aliphatic heterocycles. The Labute approximate surface area is 148 Å². The summed E-state index contributed by atoms with van der Waals surface area (Å²) in [6.07, 6.45) is 2.68. The maximum absolute atomic E-state index is 12.3. The van der Waals surface area contributed by atoms with Crippen molar-refractivity contribution in [2.45, 2.75) is 13.8 Å². The van der Waals surface area contributed by atoms with Crippen LogP contribution in [0.2, 0.25) is 0 Å². The molecule has 0 amide bonds. The minimum absolute atomic E-state index is 0.0536. The number of allylic oxidation sites excluding steroid dienone is 2. The van der Waals surface area contributed by atoms with Crippen molar-refractivity contribution in [1.29, 1.82) is 0 Å². The molecule has 0 spiro atoms. The number of ketones is 2. The number of aryl methyl sites for hydroxylation is 2. The molecule has 0 N–H and O–H groups in total. The summed E-state index contributed by atoms with van der Waals surface area (Å²) in [5, 5.41) is 0. The van der Waals surface area contributed by atoms with Crippen LogP contribution in [0.15, 0.2) is 64.8 Å². The molecule has 0 radical (unpaired) electrons. The van der Waals surface area contributed by atoms with Gasteiger partial charge in [0.25, 0.3) is 0 Å². The number of benzene rings is 2. The van der Waals surface area contributed by atoms with Gasteiger partial charge in [0.2, 0.25) is 5.78 Å². The van der Waals surface area contributed by atoms with Crippen LogP contribution in [0.5, 0.6) is 0 Å². The van der Waals surface area contributed by atoms with Crippen molar-refractivity contribution in [2.24, 2.45) is 0 Å². The average molecular weight is 383 g/mol. The molecule has 1 heterocycles. The van der Waals surface area contributed by atoms with Crippen LogP contribution >= 0.6 is 15.9 Å². The van der Waals surface area contributed by atoms with Gasteiger partial charge in [0.15, 0.2) is 11.5 Å².